The predicted octanol–water partition coefficient (Wildman–Crippen LogP) is 6.59. The number of amides is 1. The summed E-state index contributed by atoms with van der Waals surface area (Å²) >= 11 is 0. The van der Waals surface area contributed by atoms with Gasteiger partial charge in [0.2, 0.25) is 0 Å². The van der Waals surface area contributed by atoms with E-state index in [0.717, 1.165) is 16.3 Å². The summed E-state index contributed by atoms with van der Waals surface area (Å²) in [5, 5.41) is 13.4. The average Bonchev–Trinajstić information content (AvgIpc) is 3.21. The summed E-state index contributed by atoms with van der Waals surface area (Å²) in [6.07, 6.45) is 0. The van der Waals surface area contributed by atoms with Crippen LogP contribution in [0.5, 0.6) is 0 Å². The number of rotatable bonds is 6. The number of ether oxygens (including phenoxy) is 1. The van der Waals surface area contributed by atoms with Crippen LogP contribution in [0.15, 0.2) is 96.6 Å². The zero-order chi connectivity index (χ0) is 27.7. The van der Waals surface area contributed by atoms with Crippen molar-refractivity contribution in [2.24, 2.45) is 5.92 Å². The molecule has 196 valence electrons. The number of hydrogen-bond donors (Lipinski definition) is 1. The number of aliphatic hydroxyl groups is 1. The van der Waals surface area contributed by atoms with Gasteiger partial charge in [-0.3, -0.25) is 14.5 Å². The lowest BCUT2D eigenvalue weighted by atomic mass is 9.93. The number of aliphatic hydroxyl groups excluding tert-OH is 1. The predicted molar refractivity (Wildman–Crippen MR) is 151 cm³/mol. The molecule has 1 saturated heterocycles. The first-order valence-electron chi connectivity index (χ1n) is 12.9. The Labute approximate surface area is 227 Å². The molecule has 1 aliphatic heterocycles. The Balaban J connectivity index is 1.60. The maximum Gasteiger partial charge on any atom is 0.338 e. The molecule has 6 heteroatoms. The number of nitrogens with zero attached hydrogens (tertiary/aromatic N) is 1. The Bertz CT molecular complexity index is 1620. The highest BCUT2D eigenvalue weighted by Gasteiger charge is 2.47. The molecule has 0 radical (unpaired) electrons. The Morgan fingerprint density at radius 3 is 2.26 bits per heavy atom. The molecule has 0 saturated carbocycles. The van der Waals surface area contributed by atoms with Gasteiger partial charge in [0.05, 0.1) is 23.8 Å². The number of fused-ring (bicyclic) bond motifs is 1. The van der Waals surface area contributed by atoms with Gasteiger partial charge in [-0.1, -0.05) is 80.1 Å². The van der Waals surface area contributed by atoms with Crippen LogP contribution < -0.4 is 4.90 Å². The highest BCUT2D eigenvalue weighted by molar-refractivity contribution is 6.51. The van der Waals surface area contributed by atoms with Crippen LogP contribution in [0, 0.1) is 12.8 Å². The molecule has 1 aliphatic rings. The lowest BCUT2D eigenvalue weighted by Crippen LogP contribution is -2.29. The molecule has 0 aromatic heterocycles. The molecule has 0 bridgehead atoms. The Kier molecular flexibility index (Phi) is 7.03. The zero-order valence-corrected chi connectivity index (χ0v) is 22.0. The number of esters is 1. The largest absolute Gasteiger partial charge is 0.507 e. The molecule has 1 amide bonds. The fourth-order valence-corrected chi connectivity index (χ4v) is 4.83. The minimum atomic E-state index is -0.852. The number of Topliss-reactive ketones (excluding diaryl/α,β-unsaturated/α-hetero) is 1. The van der Waals surface area contributed by atoms with Gasteiger partial charge in [0.1, 0.15) is 5.76 Å². The fourth-order valence-electron chi connectivity index (χ4n) is 4.83. The van der Waals surface area contributed by atoms with E-state index in [4.69, 9.17) is 4.74 Å². The van der Waals surface area contributed by atoms with E-state index >= 15 is 0 Å². The topological polar surface area (TPSA) is 83.9 Å². The van der Waals surface area contributed by atoms with Crippen molar-refractivity contribution in [2.75, 3.05) is 11.5 Å². The highest BCUT2D eigenvalue weighted by atomic mass is 16.5. The maximum absolute atomic E-state index is 13.5. The van der Waals surface area contributed by atoms with E-state index in [1.165, 1.54) is 4.90 Å². The molecule has 1 N–H and O–H groups in total. The van der Waals surface area contributed by atoms with Gasteiger partial charge in [0.25, 0.3) is 11.7 Å². The van der Waals surface area contributed by atoms with Gasteiger partial charge in [-0.2, -0.15) is 0 Å². The van der Waals surface area contributed by atoms with E-state index in [1.807, 2.05) is 81.4 Å². The van der Waals surface area contributed by atoms with Crippen molar-refractivity contribution in [1.29, 1.82) is 0 Å². The van der Waals surface area contributed by atoms with Crippen LogP contribution in [0.1, 0.15) is 46.9 Å². The summed E-state index contributed by atoms with van der Waals surface area (Å²) in [7, 11) is 0. The van der Waals surface area contributed by atoms with Gasteiger partial charge in [0.15, 0.2) is 0 Å². The van der Waals surface area contributed by atoms with Crippen LogP contribution in [-0.2, 0) is 14.3 Å². The van der Waals surface area contributed by atoms with Crippen LogP contribution in [0.3, 0.4) is 0 Å². The molecular weight excluding hydrogens is 490 g/mol. The number of hydrogen-bond acceptors (Lipinski definition) is 5. The molecular formula is C33H29NO5. The number of ketones is 1. The average molecular weight is 520 g/mol. The molecule has 1 unspecified atom stereocenters. The second kappa shape index (κ2) is 10.6. The lowest BCUT2D eigenvalue weighted by molar-refractivity contribution is -0.132. The van der Waals surface area contributed by atoms with E-state index in [2.05, 4.69) is 0 Å². The van der Waals surface area contributed by atoms with Crippen LogP contribution in [0.4, 0.5) is 5.69 Å². The van der Waals surface area contributed by atoms with Gasteiger partial charge in [0, 0.05) is 11.3 Å². The third-order valence-corrected chi connectivity index (χ3v) is 6.75. The minimum Gasteiger partial charge on any atom is -0.507 e. The van der Waals surface area contributed by atoms with Crippen LogP contribution in [0.25, 0.3) is 16.5 Å². The third kappa shape index (κ3) is 5.06. The number of benzene rings is 4. The maximum atomic E-state index is 13.5. The molecule has 1 heterocycles. The molecule has 5 rings (SSSR count). The SMILES string of the molecule is Cc1cccc(C2/C(=C(/O)c3ccc4ccccc4c3)C(=O)C(=O)N2c2ccc(C(=O)OCC(C)C)cc2)c1. The molecule has 4 aromatic rings. The van der Waals surface area contributed by atoms with E-state index in [9.17, 15) is 19.5 Å². The Morgan fingerprint density at radius 1 is 0.872 bits per heavy atom. The van der Waals surface area contributed by atoms with Gasteiger partial charge in [-0.05, 0) is 59.5 Å². The minimum absolute atomic E-state index is 0.0151. The van der Waals surface area contributed by atoms with Crippen molar-refractivity contribution in [1.82, 2.24) is 0 Å². The Morgan fingerprint density at radius 2 is 1.56 bits per heavy atom. The standard InChI is InChI=1S/C33H29NO5/c1-20(2)19-39-33(38)23-13-15-27(16-14-23)34-29(25-10-6-7-21(3)17-25)28(31(36)32(34)37)30(35)26-12-11-22-8-4-5-9-24(22)18-26/h4-18,20,29,35H,19H2,1-3H3/b30-28-. The molecule has 1 atom stereocenters. The van der Waals surface area contributed by atoms with E-state index in [-0.39, 0.29) is 17.3 Å². The van der Waals surface area contributed by atoms with E-state index in [1.54, 1.807) is 30.3 Å². The van der Waals surface area contributed by atoms with Crippen molar-refractivity contribution in [3.8, 4) is 0 Å². The van der Waals surface area contributed by atoms with Crippen LogP contribution in [0.2, 0.25) is 0 Å². The number of carbonyl (C=O) groups excluding carboxylic acids is 3. The number of carbonyl (C=O) groups is 3. The van der Waals surface area contributed by atoms with E-state index < -0.39 is 23.7 Å². The molecule has 6 nitrogen and oxygen atoms in total. The molecule has 0 spiro atoms. The normalized spacial score (nSPS) is 16.7. The summed E-state index contributed by atoms with van der Waals surface area (Å²) in [6, 6.07) is 26.2. The third-order valence-electron chi connectivity index (χ3n) is 6.75. The van der Waals surface area contributed by atoms with Crippen LogP contribution >= 0.6 is 0 Å². The van der Waals surface area contributed by atoms with Crippen molar-refractivity contribution in [2.45, 2.75) is 26.8 Å². The summed E-state index contributed by atoms with van der Waals surface area (Å²) in [5.74, 6) is -2.01. The second-order valence-corrected chi connectivity index (χ2v) is 10.2. The highest BCUT2D eigenvalue weighted by Crippen LogP contribution is 2.42. The second-order valence-electron chi connectivity index (χ2n) is 10.2. The Hall–Kier alpha value is -4.71. The first-order valence-corrected chi connectivity index (χ1v) is 12.9. The van der Waals surface area contributed by atoms with Crippen molar-refractivity contribution < 1.29 is 24.2 Å². The first-order chi connectivity index (χ1) is 18.7. The first kappa shape index (κ1) is 25.9. The van der Waals surface area contributed by atoms with Gasteiger partial charge < -0.3 is 9.84 Å². The summed E-state index contributed by atoms with van der Waals surface area (Å²) < 4.78 is 5.31. The van der Waals surface area contributed by atoms with Crippen molar-refractivity contribution in [3.05, 3.63) is 119 Å². The molecule has 39 heavy (non-hydrogen) atoms. The van der Waals surface area contributed by atoms with Crippen LogP contribution in [-0.4, -0.2) is 29.4 Å². The molecule has 0 aliphatic carbocycles. The van der Waals surface area contributed by atoms with E-state index in [0.29, 0.717) is 29.0 Å². The number of anilines is 1. The van der Waals surface area contributed by atoms with Gasteiger partial charge in [-0.25, -0.2) is 4.79 Å². The summed E-state index contributed by atoms with van der Waals surface area (Å²) in [6.45, 7) is 6.14. The van der Waals surface area contributed by atoms with Gasteiger partial charge >= 0.3 is 5.97 Å². The fraction of sp³-hybridized carbons (Fsp3) is 0.182. The molecule has 4 aromatic carbocycles. The smallest absolute Gasteiger partial charge is 0.338 e. The summed E-state index contributed by atoms with van der Waals surface area (Å²) in [4.78, 5) is 40.7. The quantitative estimate of drug-likeness (QED) is 0.135. The summed E-state index contributed by atoms with van der Waals surface area (Å²) in [5.41, 5.74) is 2.89. The van der Waals surface area contributed by atoms with Crippen molar-refractivity contribution >= 4 is 39.9 Å². The monoisotopic (exact) mass is 519 g/mol. The lowest BCUT2D eigenvalue weighted by Gasteiger charge is -2.26. The zero-order valence-electron chi connectivity index (χ0n) is 22.0. The number of aryl methyl sites for hydroxylation is 1. The van der Waals surface area contributed by atoms with Crippen molar-refractivity contribution in [3.63, 3.8) is 0 Å². The van der Waals surface area contributed by atoms with Gasteiger partial charge in [-0.15, -0.1) is 0 Å². The molecule has 1 fully saturated rings.